The topological polar surface area (TPSA) is 63.4 Å². The predicted molar refractivity (Wildman–Crippen MR) is 51.3 cm³/mol. The highest BCUT2D eigenvalue weighted by atomic mass is 16.2. The largest absolute Gasteiger partial charge is 0.369 e. The maximum atomic E-state index is 11.5. The van der Waals surface area contributed by atoms with Gasteiger partial charge in [0, 0.05) is 24.9 Å². The normalized spacial score (nSPS) is 32.6. The minimum absolute atomic E-state index is 0.0119. The van der Waals surface area contributed by atoms with Gasteiger partial charge in [-0.15, -0.1) is 0 Å². The van der Waals surface area contributed by atoms with E-state index < -0.39 is 0 Å². The average molecular weight is 196 g/mol. The van der Waals surface area contributed by atoms with E-state index in [4.69, 9.17) is 5.73 Å². The number of fused-ring (bicyclic) bond motifs is 1. The second-order valence-corrected chi connectivity index (χ2v) is 4.26. The first kappa shape index (κ1) is 9.49. The van der Waals surface area contributed by atoms with Crippen molar-refractivity contribution >= 4 is 11.8 Å². The quantitative estimate of drug-likeness (QED) is 0.654. The third kappa shape index (κ3) is 1.61. The van der Waals surface area contributed by atoms with Gasteiger partial charge in [0.15, 0.2) is 0 Å². The Morgan fingerprint density at radius 2 is 2.21 bits per heavy atom. The number of hydrogen-bond donors (Lipinski definition) is 1. The van der Waals surface area contributed by atoms with E-state index in [9.17, 15) is 9.59 Å². The highest BCUT2D eigenvalue weighted by molar-refractivity contribution is 5.79. The zero-order valence-electron chi connectivity index (χ0n) is 8.24. The lowest BCUT2D eigenvalue weighted by molar-refractivity contribution is -0.141. The minimum Gasteiger partial charge on any atom is -0.369 e. The Balaban J connectivity index is 2.03. The van der Waals surface area contributed by atoms with Crippen LogP contribution in [0.2, 0.25) is 0 Å². The van der Waals surface area contributed by atoms with Crippen LogP contribution in [-0.2, 0) is 9.59 Å². The smallest absolute Gasteiger partial charge is 0.222 e. The lowest BCUT2D eigenvalue weighted by Gasteiger charge is -2.41. The van der Waals surface area contributed by atoms with Gasteiger partial charge in [-0.2, -0.15) is 0 Å². The van der Waals surface area contributed by atoms with Crippen LogP contribution in [0.1, 0.15) is 32.1 Å². The van der Waals surface area contributed by atoms with E-state index in [1.807, 2.05) is 4.90 Å². The van der Waals surface area contributed by atoms with Crippen molar-refractivity contribution in [3.8, 4) is 0 Å². The zero-order chi connectivity index (χ0) is 10.1. The van der Waals surface area contributed by atoms with Gasteiger partial charge < -0.3 is 10.6 Å². The molecule has 2 amide bonds. The number of nitrogens with zero attached hydrogens (tertiary/aromatic N) is 1. The molecule has 78 valence electrons. The van der Waals surface area contributed by atoms with E-state index in [2.05, 4.69) is 0 Å². The van der Waals surface area contributed by atoms with Gasteiger partial charge in [0.25, 0.3) is 0 Å². The van der Waals surface area contributed by atoms with Gasteiger partial charge in [-0.05, 0) is 25.7 Å². The molecule has 0 spiro atoms. The van der Waals surface area contributed by atoms with E-state index >= 15 is 0 Å². The Hall–Kier alpha value is -1.06. The lowest BCUT2D eigenvalue weighted by Crippen LogP contribution is -2.50. The van der Waals surface area contributed by atoms with Gasteiger partial charge in [-0.25, -0.2) is 0 Å². The summed E-state index contributed by atoms with van der Waals surface area (Å²) in [4.78, 5) is 24.5. The standard InChI is InChI=1S/C10H16N2O2/c11-10(14)7-4-5-12-8(6-7)2-1-3-9(12)13/h7-8H,1-6H2,(H2,11,14). The molecule has 4 nitrogen and oxygen atoms in total. The molecular weight excluding hydrogens is 180 g/mol. The molecule has 2 aliphatic heterocycles. The molecule has 0 aromatic carbocycles. The minimum atomic E-state index is -0.206. The second kappa shape index (κ2) is 3.59. The van der Waals surface area contributed by atoms with Gasteiger partial charge in [-0.3, -0.25) is 9.59 Å². The third-order valence-electron chi connectivity index (χ3n) is 3.37. The van der Waals surface area contributed by atoms with E-state index in [1.54, 1.807) is 0 Å². The van der Waals surface area contributed by atoms with E-state index in [0.29, 0.717) is 6.42 Å². The first-order chi connectivity index (χ1) is 6.68. The number of primary amides is 1. The van der Waals surface area contributed by atoms with E-state index in [1.165, 1.54) is 0 Å². The lowest BCUT2D eigenvalue weighted by atomic mass is 9.85. The van der Waals surface area contributed by atoms with Crippen LogP contribution in [0.3, 0.4) is 0 Å². The number of piperidine rings is 2. The molecule has 4 heteroatoms. The first-order valence-electron chi connectivity index (χ1n) is 5.27. The summed E-state index contributed by atoms with van der Waals surface area (Å²) in [6.07, 6.45) is 4.21. The van der Waals surface area contributed by atoms with Crippen molar-refractivity contribution in [1.82, 2.24) is 4.90 Å². The van der Waals surface area contributed by atoms with Gasteiger partial charge in [0.1, 0.15) is 0 Å². The number of nitrogens with two attached hydrogens (primary N) is 1. The van der Waals surface area contributed by atoms with Crippen molar-refractivity contribution in [3.63, 3.8) is 0 Å². The Bertz CT molecular complexity index is 265. The van der Waals surface area contributed by atoms with Gasteiger partial charge in [0.2, 0.25) is 11.8 Å². The van der Waals surface area contributed by atoms with E-state index in [0.717, 1.165) is 32.2 Å². The number of carbonyl (C=O) groups excluding carboxylic acids is 2. The van der Waals surface area contributed by atoms with Crippen LogP contribution in [0.4, 0.5) is 0 Å². The molecule has 0 radical (unpaired) electrons. The highest BCUT2D eigenvalue weighted by Crippen LogP contribution is 2.29. The van der Waals surface area contributed by atoms with Crippen molar-refractivity contribution in [3.05, 3.63) is 0 Å². The molecule has 0 bridgehead atoms. The van der Waals surface area contributed by atoms with Crippen LogP contribution < -0.4 is 5.73 Å². The third-order valence-corrected chi connectivity index (χ3v) is 3.37. The molecule has 2 unspecified atom stereocenters. The van der Waals surface area contributed by atoms with E-state index in [-0.39, 0.29) is 23.8 Å². The van der Waals surface area contributed by atoms with Crippen molar-refractivity contribution in [2.45, 2.75) is 38.1 Å². The summed E-state index contributed by atoms with van der Waals surface area (Å²) >= 11 is 0. The Morgan fingerprint density at radius 1 is 1.43 bits per heavy atom. The number of amides is 2. The molecule has 2 heterocycles. The molecule has 0 aromatic heterocycles. The van der Waals surface area contributed by atoms with Crippen LogP contribution in [0.5, 0.6) is 0 Å². The average Bonchev–Trinajstić information content (AvgIpc) is 2.17. The predicted octanol–water partition coefficient (Wildman–Crippen LogP) is 0.263. The molecule has 0 aromatic rings. The number of hydrogen-bond acceptors (Lipinski definition) is 2. The molecular formula is C10H16N2O2. The molecule has 2 saturated heterocycles. The molecule has 2 N–H and O–H groups in total. The molecule has 2 aliphatic rings. The SMILES string of the molecule is NC(=O)C1CCN2C(=O)CCCC2C1. The summed E-state index contributed by atoms with van der Waals surface area (Å²) in [6.45, 7) is 0.719. The number of rotatable bonds is 1. The summed E-state index contributed by atoms with van der Waals surface area (Å²) in [5.74, 6) is 0.0361. The summed E-state index contributed by atoms with van der Waals surface area (Å²) in [7, 11) is 0. The molecule has 2 atom stereocenters. The van der Waals surface area contributed by atoms with Crippen LogP contribution in [-0.4, -0.2) is 29.3 Å². The van der Waals surface area contributed by atoms with Crippen molar-refractivity contribution in [2.75, 3.05) is 6.54 Å². The monoisotopic (exact) mass is 196 g/mol. The maximum absolute atomic E-state index is 11.5. The molecule has 2 fully saturated rings. The van der Waals surface area contributed by atoms with Crippen LogP contribution >= 0.6 is 0 Å². The maximum Gasteiger partial charge on any atom is 0.222 e. The fraction of sp³-hybridized carbons (Fsp3) is 0.800. The fourth-order valence-electron chi connectivity index (χ4n) is 2.54. The van der Waals surface area contributed by atoms with Gasteiger partial charge >= 0.3 is 0 Å². The van der Waals surface area contributed by atoms with Crippen LogP contribution in [0.25, 0.3) is 0 Å². The molecule has 0 aliphatic carbocycles. The highest BCUT2D eigenvalue weighted by Gasteiger charge is 2.35. The second-order valence-electron chi connectivity index (χ2n) is 4.26. The van der Waals surface area contributed by atoms with Crippen molar-refractivity contribution in [1.29, 1.82) is 0 Å². The molecule has 0 saturated carbocycles. The summed E-state index contributed by atoms with van der Waals surface area (Å²) in [5, 5.41) is 0. The Labute approximate surface area is 83.4 Å². The first-order valence-corrected chi connectivity index (χ1v) is 5.27. The molecule has 2 rings (SSSR count). The van der Waals surface area contributed by atoms with Crippen molar-refractivity contribution < 1.29 is 9.59 Å². The summed E-state index contributed by atoms with van der Waals surface area (Å²) in [6, 6.07) is 0.280. The van der Waals surface area contributed by atoms with Crippen LogP contribution in [0.15, 0.2) is 0 Å². The molecule has 14 heavy (non-hydrogen) atoms. The Morgan fingerprint density at radius 3 is 2.93 bits per heavy atom. The summed E-state index contributed by atoms with van der Waals surface area (Å²) in [5.41, 5.74) is 5.28. The van der Waals surface area contributed by atoms with Crippen LogP contribution in [0, 0.1) is 5.92 Å². The van der Waals surface area contributed by atoms with Gasteiger partial charge in [-0.1, -0.05) is 0 Å². The summed E-state index contributed by atoms with van der Waals surface area (Å²) < 4.78 is 0. The zero-order valence-corrected chi connectivity index (χ0v) is 8.24. The number of carbonyl (C=O) groups is 2. The Kier molecular flexibility index (Phi) is 2.44. The van der Waals surface area contributed by atoms with Crippen molar-refractivity contribution in [2.24, 2.45) is 11.7 Å². The van der Waals surface area contributed by atoms with Gasteiger partial charge in [0.05, 0.1) is 0 Å². The fourth-order valence-corrected chi connectivity index (χ4v) is 2.54.